The number of ether oxygens (including phenoxy) is 2. The fraction of sp³-hybridized carbons (Fsp3) is 0.967. The van der Waals surface area contributed by atoms with Gasteiger partial charge < -0.3 is 14.4 Å². The fourth-order valence-corrected chi connectivity index (χ4v) is 10.5. The average Bonchev–Trinajstić information content (AvgIpc) is 3.16. The van der Waals surface area contributed by atoms with E-state index < -0.39 is 0 Å². The number of nitrogens with zero attached hydrogens (tertiary/aromatic N) is 2. The van der Waals surface area contributed by atoms with E-state index in [2.05, 4.69) is 23.6 Å². The van der Waals surface area contributed by atoms with Gasteiger partial charge >= 0.3 is 5.97 Å². The Labute approximate surface area is 213 Å². The summed E-state index contributed by atoms with van der Waals surface area (Å²) in [6.45, 7) is 13.1. The molecule has 0 bridgehead atoms. The fourth-order valence-electron chi connectivity index (χ4n) is 10.5. The first-order chi connectivity index (χ1) is 16.9. The molecule has 0 N–H and O–H groups in total. The molecule has 2 heterocycles. The van der Waals surface area contributed by atoms with Crippen LogP contribution in [-0.2, 0) is 14.3 Å². The van der Waals surface area contributed by atoms with E-state index in [9.17, 15) is 4.79 Å². The number of hydrogen-bond acceptors (Lipinski definition) is 5. The minimum atomic E-state index is -0.0936. The van der Waals surface area contributed by atoms with E-state index in [4.69, 9.17) is 9.47 Å². The lowest BCUT2D eigenvalue weighted by atomic mass is 9.45. The molecule has 5 nitrogen and oxygen atoms in total. The first-order valence-corrected chi connectivity index (χ1v) is 15.1. The van der Waals surface area contributed by atoms with Crippen LogP contribution >= 0.6 is 0 Å². The number of rotatable bonds is 3. The number of morpholine rings is 1. The molecule has 4 aliphatic carbocycles. The molecule has 4 saturated carbocycles. The van der Waals surface area contributed by atoms with Crippen LogP contribution in [0.15, 0.2) is 0 Å². The van der Waals surface area contributed by atoms with Gasteiger partial charge in [-0.1, -0.05) is 20.3 Å². The smallest absolute Gasteiger partial charge is 0.302 e. The van der Waals surface area contributed by atoms with Crippen molar-refractivity contribution in [2.75, 3.05) is 39.4 Å². The molecule has 0 unspecified atom stereocenters. The van der Waals surface area contributed by atoms with Crippen molar-refractivity contribution in [3.8, 4) is 0 Å². The Bertz CT molecular complexity index is 778. The van der Waals surface area contributed by atoms with E-state index in [1.807, 2.05) is 0 Å². The second kappa shape index (κ2) is 9.58. The minimum Gasteiger partial charge on any atom is -0.460 e. The van der Waals surface area contributed by atoms with Crippen LogP contribution in [0.2, 0.25) is 0 Å². The van der Waals surface area contributed by atoms with Crippen LogP contribution in [0.3, 0.4) is 0 Å². The molecule has 2 aliphatic heterocycles. The van der Waals surface area contributed by atoms with Crippen LogP contribution in [0.25, 0.3) is 0 Å². The average molecular weight is 487 g/mol. The second-order valence-electron chi connectivity index (χ2n) is 13.7. The van der Waals surface area contributed by atoms with Crippen LogP contribution in [0.1, 0.15) is 91.4 Å². The third-order valence-corrected chi connectivity index (χ3v) is 12.3. The molecular formula is C30H50N2O3. The quantitative estimate of drug-likeness (QED) is 0.518. The Morgan fingerprint density at radius 2 is 1.57 bits per heavy atom. The summed E-state index contributed by atoms with van der Waals surface area (Å²) in [4.78, 5) is 17.7. The highest BCUT2D eigenvalue weighted by Crippen LogP contribution is 2.67. The van der Waals surface area contributed by atoms with Gasteiger partial charge in [-0.25, -0.2) is 0 Å². The Hall–Kier alpha value is -0.650. The van der Waals surface area contributed by atoms with E-state index >= 15 is 0 Å². The Kier molecular flexibility index (Phi) is 6.76. The highest BCUT2D eigenvalue weighted by molar-refractivity contribution is 5.66. The van der Waals surface area contributed by atoms with Crippen LogP contribution in [0.5, 0.6) is 0 Å². The molecule has 0 aromatic carbocycles. The van der Waals surface area contributed by atoms with Crippen molar-refractivity contribution in [1.29, 1.82) is 0 Å². The number of piperidine rings is 1. The van der Waals surface area contributed by atoms with E-state index in [1.54, 1.807) is 6.92 Å². The van der Waals surface area contributed by atoms with Gasteiger partial charge in [0.2, 0.25) is 0 Å². The van der Waals surface area contributed by atoms with Crippen molar-refractivity contribution in [3.63, 3.8) is 0 Å². The van der Waals surface area contributed by atoms with Crippen LogP contribution in [-0.4, -0.2) is 73.3 Å². The summed E-state index contributed by atoms with van der Waals surface area (Å²) < 4.78 is 11.9. The third-order valence-electron chi connectivity index (χ3n) is 12.3. The summed E-state index contributed by atoms with van der Waals surface area (Å²) in [5, 5.41) is 0. The number of fused-ring (bicyclic) bond motifs is 5. The molecule has 0 spiro atoms. The molecule has 198 valence electrons. The Morgan fingerprint density at radius 1 is 0.829 bits per heavy atom. The third kappa shape index (κ3) is 4.20. The maximum absolute atomic E-state index is 12.3. The standard InChI is InChI=1S/C30H50N2O3/c1-21(33)35-28-27(32-15-17-34-18-16-32)20-26-24-8-7-22-19-23(31-13-5-4-6-14-31)9-11-29(22,2)25(24)10-12-30(26,28)3/h22-28H,4-20H2,1-3H3/t22-,23-,24+,25-,26-,27-,28-,29-,30-/m0/s1. The zero-order valence-corrected chi connectivity index (χ0v) is 22.7. The monoisotopic (exact) mass is 486 g/mol. The highest BCUT2D eigenvalue weighted by atomic mass is 16.5. The van der Waals surface area contributed by atoms with Gasteiger partial charge in [0.15, 0.2) is 0 Å². The predicted molar refractivity (Wildman–Crippen MR) is 138 cm³/mol. The van der Waals surface area contributed by atoms with E-state index in [0.29, 0.717) is 17.4 Å². The van der Waals surface area contributed by atoms with Crippen molar-refractivity contribution in [2.24, 2.45) is 34.5 Å². The van der Waals surface area contributed by atoms with Gasteiger partial charge in [0.25, 0.3) is 0 Å². The molecule has 9 atom stereocenters. The van der Waals surface area contributed by atoms with Crippen molar-refractivity contribution < 1.29 is 14.3 Å². The van der Waals surface area contributed by atoms with E-state index in [0.717, 1.165) is 50.1 Å². The van der Waals surface area contributed by atoms with Gasteiger partial charge in [0.05, 0.1) is 13.2 Å². The summed E-state index contributed by atoms with van der Waals surface area (Å²) >= 11 is 0. The molecule has 0 aromatic heterocycles. The highest BCUT2D eigenvalue weighted by Gasteiger charge is 2.64. The van der Waals surface area contributed by atoms with Gasteiger partial charge in [0.1, 0.15) is 6.10 Å². The number of likely N-dealkylation sites (tertiary alicyclic amines) is 1. The molecule has 0 amide bonds. The van der Waals surface area contributed by atoms with Gasteiger partial charge in [-0.05, 0) is 106 Å². The van der Waals surface area contributed by atoms with Gasteiger partial charge in [0, 0.05) is 37.5 Å². The van der Waals surface area contributed by atoms with Crippen molar-refractivity contribution >= 4 is 5.97 Å². The zero-order valence-electron chi connectivity index (χ0n) is 22.7. The van der Waals surface area contributed by atoms with Crippen molar-refractivity contribution in [1.82, 2.24) is 9.80 Å². The van der Waals surface area contributed by atoms with E-state index in [-0.39, 0.29) is 17.5 Å². The topological polar surface area (TPSA) is 42.0 Å². The zero-order chi connectivity index (χ0) is 24.2. The first kappa shape index (κ1) is 24.7. The molecule has 0 radical (unpaired) electrons. The lowest BCUT2D eigenvalue weighted by Gasteiger charge is -2.61. The SMILES string of the molecule is CC(=O)O[C@H]1[C@@H](N2CCOCC2)C[C@H]2[C@@H]3CC[C@H]4C[C@@H](N5CCCCC5)CC[C@]4(C)[C@H]3CC[C@@]21C. The van der Waals surface area contributed by atoms with Crippen LogP contribution < -0.4 is 0 Å². The molecule has 6 rings (SSSR count). The number of carbonyl (C=O) groups excluding carboxylic acids is 1. The summed E-state index contributed by atoms with van der Waals surface area (Å²) in [6.07, 6.45) is 15.2. The minimum absolute atomic E-state index is 0.0458. The molecule has 6 fully saturated rings. The predicted octanol–water partition coefficient (Wildman–Crippen LogP) is 5.13. The van der Waals surface area contributed by atoms with Crippen LogP contribution in [0.4, 0.5) is 0 Å². The molecule has 2 saturated heterocycles. The molecular weight excluding hydrogens is 436 g/mol. The lowest BCUT2D eigenvalue weighted by molar-refractivity contribution is -0.166. The molecule has 35 heavy (non-hydrogen) atoms. The summed E-state index contributed by atoms with van der Waals surface area (Å²) in [5.74, 6) is 3.18. The van der Waals surface area contributed by atoms with Gasteiger partial charge in [-0.2, -0.15) is 0 Å². The molecule has 5 heteroatoms. The Balaban J connectivity index is 1.21. The summed E-state index contributed by atoms with van der Waals surface area (Å²) in [6, 6.07) is 1.22. The second-order valence-corrected chi connectivity index (χ2v) is 13.7. The number of esters is 1. The summed E-state index contributed by atoms with van der Waals surface area (Å²) in [5.41, 5.74) is 0.647. The van der Waals surface area contributed by atoms with Gasteiger partial charge in [-0.3, -0.25) is 9.69 Å². The molecule has 6 aliphatic rings. The first-order valence-electron chi connectivity index (χ1n) is 15.1. The van der Waals surface area contributed by atoms with E-state index in [1.165, 1.54) is 83.7 Å². The maximum Gasteiger partial charge on any atom is 0.302 e. The maximum atomic E-state index is 12.3. The molecule has 0 aromatic rings. The van der Waals surface area contributed by atoms with Crippen molar-refractivity contribution in [3.05, 3.63) is 0 Å². The lowest BCUT2D eigenvalue weighted by Crippen LogP contribution is -2.56. The van der Waals surface area contributed by atoms with Crippen LogP contribution in [0, 0.1) is 34.5 Å². The number of carbonyl (C=O) groups is 1. The Morgan fingerprint density at radius 3 is 2.31 bits per heavy atom. The normalized spacial score (nSPS) is 49.1. The largest absolute Gasteiger partial charge is 0.460 e. The number of hydrogen-bond donors (Lipinski definition) is 0. The van der Waals surface area contributed by atoms with Crippen molar-refractivity contribution in [2.45, 2.75) is 110 Å². The van der Waals surface area contributed by atoms with Gasteiger partial charge in [-0.15, -0.1) is 0 Å². The summed E-state index contributed by atoms with van der Waals surface area (Å²) in [7, 11) is 0.